The van der Waals surface area contributed by atoms with Crippen molar-refractivity contribution in [2.75, 3.05) is 6.54 Å². The summed E-state index contributed by atoms with van der Waals surface area (Å²) in [5, 5.41) is 0. The number of benzene rings is 1. The first-order valence-electron chi connectivity index (χ1n) is 6.77. The van der Waals surface area contributed by atoms with Crippen molar-refractivity contribution in [2.45, 2.75) is 26.7 Å². The SMILES string of the molecule is CCc1nc(C)ccc1Oc1ccc(Br)cc1CCN. The standard InChI is InChI=1S/C16H19BrN2O/c1-3-14-16(6-4-11(2)19-14)20-15-7-5-13(17)10-12(15)8-9-18/h4-7,10H,3,8-9,18H2,1-2H3. The molecule has 4 heteroatoms. The Kier molecular flexibility index (Phi) is 5.15. The maximum absolute atomic E-state index is 6.06. The molecule has 2 rings (SSSR count). The lowest BCUT2D eigenvalue weighted by atomic mass is 10.1. The summed E-state index contributed by atoms with van der Waals surface area (Å²) >= 11 is 3.48. The van der Waals surface area contributed by atoms with Gasteiger partial charge in [0.05, 0.1) is 5.69 Å². The summed E-state index contributed by atoms with van der Waals surface area (Å²) < 4.78 is 7.09. The van der Waals surface area contributed by atoms with Crippen LogP contribution in [-0.2, 0) is 12.8 Å². The number of aromatic nitrogens is 1. The van der Waals surface area contributed by atoms with Crippen LogP contribution in [0.3, 0.4) is 0 Å². The molecule has 0 fully saturated rings. The molecule has 0 bridgehead atoms. The Bertz CT molecular complexity index is 599. The van der Waals surface area contributed by atoms with Crippen LogP contribution in [0.2, 0.25) is 0 Å². The third kappa shape index (κ3) is 3.58. The number of pyridine rings is 1. The Morgan fingerprint density at radius 3 is 2.65 bits per heavy atom. The maximum Gasteiger partial charge on any atom is 0.148 e. The zero-order valence-electron chi connectivity index (χ0n) is 11.8. The first-order chi connectivity index (χ1) is 9.63. The molecule has 0 spiro atoms. The van der Waals surface area contributed by atoms with E-state index in [-0.39, 0.29) is 0 Å². The van der Waals surface area contributed by atoms with Gasteiger partial charge in [-0.15, -0.1) is 0 Å². The molecular formula is C16H19BrN2O. The van der Waals surface area contributed by atoms with E-state index in [9.17, 15) is 0 Å². The topological polar surface area (TPSA) is 48.1 Å². The molecule has 0 atom stereocenters. The van der Waals surface area contributed by atoms with Crippen LogP contribution in [0, 0.1) is 6.92 Å². The Balaban J connectivity index is 2.34. The summed E-state index contributed by atoms with van der Waals surface area (Å²) in [5.41, 5.74) is 8.75. The van der Waals surface area contributed by atoms with Crippen molar-refractivity contribution in [3.63, 3.8) is 0 Å². The molecule has 0 saturated heterocycles. The van der Waals surface area contributed by atoms with E-state index in [1.165, 1.54) is 0 Å². The average Bonchev–Trinajstić information content (AvgIpc) is 2.43. The van der Waals surface area contributed by atoms with E-state index in [0.717, 1.165) is 45.8 Å². The number of ether oxygens (including phenoxy) is 1. The summed E-state index contributed by atoms with van der Waals surface area (Å²) in [6.07, 6.45) is 1.63. The van der Waals surface area contributed by atoms with Crippen LogP contribution >= 0.6 is 15.9 Å². The van der Waals surface area contributed by atoms with Crippen molar-refractivity contribution in [2.24, 2.45) is 5.73 Å². The number of aryl methyl sites for hydroxylation is 2. The lowest BCUT2D eigenvalue weighted by Gasteiger charge is -2.13. The molecule has 0 radical (unpaired) electrons. The van der Waals surface area contributed by atoms with Gasteiger partial charge in [-0.1, -0.05) is 22.9 Å². The fourth-order valence-corrected chi connectivity index (χ4v) is 2.47. The van der Waals surface area contributed by atoms with Crippen LogP contribution in [0.25, 0.3) is 0 Å². The number of hydrogen-bond acceptors (Lipinski definition) is 3. The highest BCUT2D eigenvalue weighted by Crippen LogP contribution is 2.30. The second kappa shape index (κ2) is 6.86. The minimum atomic E-state index is 0.597. The normalized spacial score (nSPS) is 10.6. The van der Waals surface area contributed by atoms with Crippen LogP contribution in [0.4, 0.5) is 0 Å². The van der Waals surface area contributed by atoms with Crippen molar-refractivity contribution >= 4 is 15.9 Å². The molecule has 20 heavy (non-hydrogen) atoms. The second-order valence-electron chi connectivity index (χ2n) is 4.64. The Hall–Kier alpha value is -1.39. The van der Waals surface area contributed by atoms with Gasteiger partial charge in [0.1, 0.15) is 11.5 Å². The molecule has 106 valence electrons. The molecule has 0 aliphatic heterocycles. The van der Waals surface area contributed by atoms with E-state index in [1.807, 2.05) is 31.2 Å². The third-order valence-electron chi connectivity index (χ3n) is 3.06. The third-order valence-corrected chi connectivity index (χ3v) is 3.56. The summed E-state index contributed by atoms with van der Waals surface area (Å²) in [6, 6.07) is 9.94. The van der Waals surface area contributed by atoms with E-state index < -0.39 is 0 Å². The summed E-state index contributed by atoms with van der Waals surface area (Å²) in [7, 11) is 0. The van der Waals surface area contributed by atoms with Crippen LogP contribution < -0.4 is 10.5 Å². The van der Waals surface area contributed by atoms with Gasteiger partial charge in [-0.2, -0.15) is 0 Å². The van der Waals surface area contributed by atoms with Crippen molar-refractivity contribution in [3.8, 4) is 11.5 Å². The molecule has 0 saturated carbocycles. The number of nitrogens with two attached hydrogens (primary N) is 1. The highest BCUT2D eigenvalue weighted by molar-refractivity contribution is 9.10. The largest absolute Gasteiger partial charge is 0.455 e. The van der Waals surface area contributed by atoms with E-state index in [4.69, 9.17) is 10.5 Å². The Morgan fingerprint density at radius 1 is 1.20 bits per heavy atom. The molecule has 0 unspecified atom stereocenters. The van der Waals surface area contributed by atoms with Gasteiger partial charge in [0.2, 0.25) is 0 Å². The van der Waals surface area contributed by atoms with Gasteiger partial charge in [0.25, 0.3) is 0 Å². The first-order valence-corrected chi connectivity index (χ1v) is 7.56. The van der Waals surface area contributed by atoms with E-state index in [1.54, 1.807) is 0 Å². The van der Waals surface area contributed by atoms with Crippen molar-refractivity contribution in [1.29, 1.82) is 0 Å². The molecule has 1 heterocycles. The Labute approximate surface area is 128 Å². The van der Waals surface area contributed by atoms with Gasteiger partial charge in [-0.05, 0) is 62.2 Å². The molecule has 1 aromatic heterocycles. The summed E-state index contributed by atoms with van der Waals surface area (Å²) in [4.78, 5) is 4.52. The second-order valence-corrected chi connectivity index (χ2v) is 5.56. The fraction of sp³-hybridized carbons (Fsp3) is 0.312. The molecule has 1 aromatic carbocycles. The molecule has 2 aromatic rings. The highest BCUT2D eigenvalue weighted by atomic mass is 79.9. The zero-order valence-corrected chi connectivity index (χ0v) is 13.4. The Morgan fingerprint density at radius 2 is 1.95 bits per heavy atom. The number of rotatable bonds is 5. The van der Waals surface area contributed by atoms with Crippen LogP contribution in [-0.4, -0.2) is 11.5 Å². The van der Waals surface area contributed by atoms with Crippen LogP contribution in [0.15, 0.2) is 34.8 Å². The van der Waals surface area contributed by atoms with Gasteiger partial charge >= 0.3 is 0 Å². The lowest BCUT2D eigenvalue weighted by molar-refractivity contribution is 0.466. The highest BCUT2D eigenvalue weighted by Gasteiger charge is 2.09. The number of halogens is 1. The number of hydrogen-bond donors (Lipinski definition) is 1. The lowest BCUT2D eigenvalue weighted by Crippen LogP contribution is -2.04. The van der Waals surface area contributed by atoms with E-state index in [0.29, 0.717) is 6.54 Å². The van der Waals surface area contributed by atoms with Gasteiger partial charge in [-0.3, -0.25) is 4.98 Å². The zero-order chi connectivity index (χ0) is 14.5. The van der Waals surface area contributed by atoms with E-state index in [2.05, 4.69) is 33.9 Å². The molecule has 0 amide bonds. The summed E-state index contributed by atoms with van der Waals surface area (Å²) in [6.45, 7) is 4.67. The predicted molar refractivity (Wildman–Crippen MR) is 85.3 cm³/mol. The van der Waals surface area contributed by atoms with Crippen molar-refractivity contribution in [3.05, 3.63) is 51.8 Å². The van der Waals surface area contributed by atoms with Crippen LogP contribution in [0.5, 0.6) is 11.5 Å². The maximum atomic E-state index is 6.06. The van der Waals surface area contributed by atoms with E-state index >= 15 is 0 Å². The van der Waals surface area contributed by atoms with Gasteiger partial charge in [0, 0.05) is 10.2 Å². The quantitative estimate of drug-likeness (QED) is 0.898. The fourth-order valence-electron chi connectivity index (χ4n) is 2.06. The van der Waals surface area contributed by atoms with Crippen LogP contribution in [0.1, 0.15) is 23.9 Å². The van der Waals surface area contributed by atoms with Crippen molar-refractivity contribution < 1.29 is 4.74 Å². The van der Waals surface area contributed by atoms with Gasteiger partial charge in [0.15, 0.2) is 0 Å². The monoisotopic (exact) mass is 334 g/mol. The van der Waals surface area contributed by atoms with Gasteiger partial charge < -0.3 is 10.5 Å². The molecule has 0 aliphatic carbocycles. The minimum Gasteiger partial charge on any atom is -0.455 e. The minimum absolute atomic E-state index is 0.597. The summed E-state index contributed by atoms with van der Waals surface area (Å²) in [5.74, 6) is 1.66. The van der Waals surface area contributed by atoms with Crippen molar-refractivity contribution in [1.82, 2.24) is 4.98 Å². The average molecular weight is 335 g/mol. The smallest absolute Gasteiger partial charge is 0.148 e. The molecule has 0 aliphatic rings. The molecule has 2 N–H and O–H groups in total. The van der Waals surface area contributed by atoms with Gasteiger partial charge in [-0.25, -0.2) is 0 Å². The predicted octanol–water partition coefficient (Wildman–Crippen LogP) is 4.01. The molecule has 3 nitrogen and oxygen atoms in total. The first kappa shape index (κ1) is 15.0. The molecular weight excluding hydrogens is 316 g/mol. The number of nitrogens with zero attached hydrogens (tertiary/aromatic N) is 1.